The molecule has 0 N–H and O–H groups in total. The molecule has 2 aromatic heterocycles. The van der Waals surface area contributed by atoms with Gasteiger partial charge in [-0.05, 0) is 55.9 Å². The lowest BCUT2D eigenvalue weighted by Crippen LogP contribution is -2.40. The highest BCUT2D eigenvalue weighted by Gasteiger charge is 2.38. The van der Waals surface area contributed by atoms with Crippen molar-refractivity contribution in [3.8, 4) is 0 Å². The second-order valence-corrected chi connectivity index (χ2v) is 8.42. The van der Waals surface area contributed by atoms with Gasteiger partial charge in [-0.1, -0.05) is 12.5 Å². The Bertz CT molecular complexity index is 669. The van der Waals surface area contributed by atoms with Gasteiger partial charge in [0.1, 0.15) is 5.82 Å². The van der Waals surface area contributed by atoms with E-state index in [4.69, 9.17) is 0 Å². The van der Waals surface area contributed by atoms with E-state index in [1.165, 1.54) is 55.6 Å². The Balaban J connectivity index is 1.49. The maximum Gasteiger partial charge on any atom is 0.227 e. The minimum absolute atomic E-state index is 0.654. The van der Waals surface area contributed by atoms with E-state index in [9.17, 15) is 0 Å². The summed E-state index contributed by atoms with van der Waals surface area (Å²) in [6.07, 6.45) is 9.47. The molecule has 23 heavy (non-hydrogen) atoms. The Morgan fingerprint density at radius 2 is 2.00 bits per heavy atom. The summed E-state index contributed by atoms with van der Waals surface area (Å²) in [5, 5.41) is 11.5. The molecule has 0 amide bonds. The van der Waals surface area contributed by atoms with Crippen molar-refractivity contribution in [3.63, 3.8) is 0 Å². The second kappa shape index (κ2) is 5.62. The largest absolute Gasteiger partial charge is 0.338 e. The van der Waals surface area contributed by atoms with E-state index in [0.717, 1.165) is 25.0 Å². The molecule has 1 saturated heterocycles. The molecule has 0 radical (unpaired) electrons. The van der Waals surface area contributed by atoms with Gasteiger partial charge in [0, 0.05) is 23.4 Å². The number of thiophene rings is 1. The van der Waals surface area contributed by atoms with Crippen molar-refractivity contribution in [1.82, 2.24) is 14.8 Å². The lowest BCUT2D eigenvalue weighted by atomic mass is 9.79. The van der Waals surface area contributed by atoms with Gasteiger partial charge in [-0.3, -0.25) is 4.57 Å². The Morgan fingerprint density at radius 1 is 1.09 bits per heavy atom. The van der Waals surface area contributed by atoms with Gasteiger partial charge in [0.05, 0.1) is 6.54 Å². The van der Waals surface area contributed by atoms with Crippen LogP contribution in [0.25, 0.3) is 0 Å². The topological polar surface area (TPSA) is 34.0 Å². The third kappa shape index (κ3) is 2.49. The molecule has 0 bridgehead atoms. The highest BCUT2D eigenvalue weighted by Crippen LogP contribution is 2.43. The number of rotatable bonds is 5. The van der Waals surface area contributed by atoms with E-state index >= 15 is 0 Å². The minimum Gasteiger partial charge on any atom is -0.338 e. The molecule has 2 aromatic rings. The molecule has 0 aromatic carbocycles. The van der Waals surface area contributed by atoms with E-state index in [0.29, 0.717) is 12.0 Å². The minimum atomic E-state index is 0.654. The lowest BCUT2D eigenvalue weighted by Gasteiger charge is -2.37. The maximum atomic E-state index is 4.67. The van der Waals surface area contributed by atoms with Crippen LogP contribution in [-0.4, -0.2) is 27.4 Å². The van der Waals surface area contributed by atoms with E-state index in [-0.39, 0.29) is 0 Å². The zero-order chi connectivity index (χ0) is 15.2. The zero-order valence-corrected chi connectivity index (χ0v) is 14.3. The van der Waals surface area contributed by atoms with Gasteiger partial charge in [-0.15, -0.1) is 21.5 Å². The fourth-order valence-electron chi connectivity index (χ4n) is 4.23. The molecule has 3 fully saturated rings. The van der Waals surface area contributed by atoms with Crippen molar-refractivity contribution in [2.24, 2.45) is 5.92 Å². The summed E-state index contributed by atoms with van der Waals surface area (Å²) in [4.78, 5) is 4.00. The molecule has 4 nitrogen and oxygen atoms in total. The molecule has 1 atom stereocenters. The summed E-state index contributed by atoms with van der Waals surface area (Å²) in [6, 6.07) is 5.09. The zero-order valence-electron chi connectivity index (χ0n) is 13.5. The summed E-state index contributed by atoms with van der Waals surface area (Å²) in [7, 11) is 0. The van der Waals surface area contributed by atoms with Crippen LogP contribution in [0.5, 0.6) is 0 Å². The second-order valence-electron chi connectivity index (χ2n) is 7.39. The molecule has 0 spiro atoms. The molecule has 1 unspecified atom stereocenters. The summed E-state index contributed by atoms with van der Waals surface area (Å²) in [5.41, 5.74) is 0. The number of aromatic nitrogens is 3. The fraction of sp³-hybridized carbons (Fsp3) is 0.667. The predicted molar refractivity (Wildman–Crippen MR) is 93.1 cm³/mol. The van der Waals surface area contributed by atoms with Gasteiger partial charge in [0.25, 0.3) is 0 Å². The number of anilines is 1. The number of hydrogen-bond donors (Lipinski definition) is 0. The van der Waals surface area contributed by atoms with Crippen molar-refractivity contribution in [2.45, 2.75) is 63.5 Å². The van der Waals surface area contributed by atoms with Crippen molar-refractivity contribution >= 4 is 17.3 Å². The standard InChI is InChI=1S/C18H24N4S/c1-4-13(5-1)16-7-2-10-21(16)18-20-19-17(14-8-9-14)22(18)12-15-6-3-11-23-15/h3,6,11,13-14,16H,1-2,4-5,7-10,12H2. The van der Waals surface area contributed by atoms with Crippen LogP contribution in [0.1, 0.15) is 61.6 Å². The van der Waals surface area contributed by atoms with Gasteiger partial charge in [0.2, 0.25) is 5.95 Å². The molecule has 2 aliphatic carbocycles. The third-order valence-electron chi connectivity index (χ3n) is 5.85. The molecule has 2 saturated carbocycles. The maximum absolute atomic E-state index is 4.67. The first kappa shape index (κ1) is 14.0. The molecule has 5 rings (SSSR count). The van der Waals surface area contributed by atoms with Crippen molar-refractivity contribution < 1.29 is 0 Å². The van der Waals surface area contributed by atoms with Crippen LogP contribution < -0.4 is 4.90 Å². The molecule has 5 heteroatoms. The SMILES string of the molecule is c1csc(Cn2c(C3CC3)nnc2N2CCCC2C2CCC2)c1. The quantitative estimate of drug-likeness (QED) is 0.831. The van der Waals surface area contributed by atoms with Crippen LogP contribution in [-0.2, 0) is 6.54 Å². The van der Waals surface area contributed by atoms with Gasteiger partial charge < -0.3 is 4.90 Å². The average molecular weight is 328 g/mol. The molecule has 3 aliphatic rings. The van der Waals surface area contributed by atoms with Crippen LogP contribution in [0.3, 0.4) is 0 Å². The molecular formula is C18H24N4S. The predicted octanol–water partition coefficient (Wildman–Crippen LogP) is 4.03. The average Bonchev–Trinajstić information content (AvgIpc) is 2.90. The fourth-order valence-corrected chi connectivity index (χ4v) is 4.92. The van der Waals surface area contributed by atoms with Crippen molar-refractivity contribution in [1.29, 1.82) is 0 Å². The molecular weight excluding hydrogens is 304 g/mol. The van der Waals surface area contributed by atoms with Gasteiger partial charge in [0.15, 0.2) is 0 Å². The molecule has 3 heterocycles. The van der Waals surface area contributed by atoms with Crippen LogP contribution in [0.4, 0.5) is 5.95 Å². The third-order valence-corrected chi connectivity index (χ3v) is 6.71. The normalized spacial score (nSPS) is 25.0. The van der Waals surface area contributed by atoms with Gasteiger partial charge in [-0.25, -0.2) is 0 Å². The Labute approximate surface area is 141 Å². The highest BCUT2D eigenvalue weighted by atomic mass is 32.1. The van der Waals surface area contributed by atoms with E-state index < -0.39 is 0 Å². The Morgan fingerprint density at radius 3 is 2.70 bits per heavy atom. The lowest BCUT2D eigenvalue weighted by molar-refractivity contribution is 0.260. The Hall–Kier alpha value is -1.36. The first-order chi connectivity index (χ1) is 11.4. The number of hydrogen-bond acceptors (Lipinski definition) is 4. The highest BCUT2D eigenvalue weighted by molar-refractivity contribution is 7.09. The van der Waals surface area contributed by atoms with Crippen LogP contribution in [0, 0.1) is 5.92 Å². The summed E-state index contributed by atoms with van der Waals surface area (Å²) in [6.45, 7) is 2.11. The van der Waals surface area contributed by atoms with E-state index in [1.807, 2.05) is 11.3 Å². The van der Waals surface area contributed by atoms with Crippen LogP contribution in [0.2, 0.25) is 0 Å². The first-order valence-corrected chi connectivity index (χ1v) is 10.0. The summed E-state index contributed by atoms with van der Waals surface area (Å²) in [5.74, 6) is 3.93. The van der Waals surface area contributed by atoms with E-state index in [1.54, 1.807) is 0 Å². The smallest absolute Gasteiger partial charge is 0.227 e. The monoisotopic (exact) mass is 328 g/mol. The number of nitrogens with zero attached hydrogens (tertiary/aromatic N) is 4. The van der Waals surface area contributed by atoms with Gasteiger partial charge >= 0.3 is 0 Å². The van der Waals surface area contributed by atoms with E-state index in [2.05, 4.69) is 37.2 Å². The van der Waals surface area contributed by atoms with Gasteiger partial charge in [-0.2, -0.15) is 0 Å². The summed E-state index contributed by atoms with van der Waals surface area (Å²) >= 11 is 1.84. The van der Waals surface area contributed by atoms with Crippen molar-refractivity contribution in [2.75, 3.05) is 11.4 Å². The Kier molecular flexibility index (Phi) is 3.43. The van der Waals surface area contributed by atoms with Crippen LogP contribution >= 0.6 is 11.3 Å². The molecule has 1 aliphatic heterocycles. The van der Waals surface area contributed by atoms with Crippen molar-refractivity contribution in [3.05, 3.63) is 28.2 Å². The van der Waals surface area contributed by atoms with Crippen LogP contribution in [0.15, 0.2) is 17.5 Å². The molecule has 122 valence electrons. The summed E-state index contributed by atoms with van der Waals surface area (Å²) < 4.78 is 2.43. The first-order valence-electron chi connectivity index (χ1n) is 9.12.